The number of ether oxygens (including phenoxy) is 2. The van der Waals surface area contributed by atoms with Crippen LogP contribution in [0, 0.1) is 12.8 Å². The summed E-state index contributed by atoms with van der Waals surface area (Å²) in [6.07, 6.45) is 1.60. The molecule has 0 amide bonds. The van der Waals surface area contributed by atoms with Crippen LogP contribution in [0.4, 0.5) is 0 Å². The lowest BCUT2D eigenvalue weighted by Crippen LogP contribution is -2.17. The lowest BCUT2D eigenvalue weighted by Gasteiger charge is -2.25. The largest absolute Gasteiger partial charge is 0.496 e. The minimum Gasteiger partial charge on any atom is -0.496 e. The van der Waals surface area contributed by atoms with Crippen LogP contribution in [0.3, 0.4) is 0 Å². The zero-order valence-corrected chi connectivity index (χ0v) is 19.5. The summed E-state index contributed by atoms with van der Waals surface area (Å²) in [4.78, 5) is 11.0. The van der Waals surface area contributed by atoms with E-state index in [4.69, 9.17) is 14.6 Å². The fraction of sp³-hybridized carbons (Fsp3) is 0.321. The van der Waals surface area contributed by atoms with Crippen molar-refractivity contribution in [3.63, 3.8) is 0 Å². The molecule has 0 fully saturated rings. The molecular weight excluding hydrogens is 416 g/mol. The van der Waals surface area contributed by atoms with Crippen molar-refractivity contribution in [2.45, 2.75) is 38.7 Å². The first-order valence-corrected chi connectivity index (χ1v) is 11.2. The summed E-state index contributed by atoms with van der Waals surface area (Å²) in [5.41, 5.74) is 4.71. The normalized spacial score (nSPS) is 12.7. The van der Waals surface area contributed by atoms with Crippen molar-refractivity contribution in [1.82, 2.24) is 0 Å². The van der Waals surface area contributed by atoms with Crippen molar-refractivity contribution in [3.05, 3.63) is 94.5 Å². The smallest absolute Gasteiger partial charge is 0.307 e. The molecule has 2 unspecified atom stereocenters. The average Bonchev–Trinajstić information content (AvgIpc) is 2.83. The Labute approximate surface area is 195 Å². The van der Waals surface area contributed by atoms with Gasteiger partial charge in [0.25, 0.3) is 0 Å². The molecule has 3 aromatic carbocycles. The van der Waals surface area contributed by atoms with Gasteiger partial charge in [0.15, 0.2) is 0 Å². The summed E-state index contributed by atoms with van der Waals surface area (Å²) >= 11 is 0. The Morgan fingerprint density at radius 2 is 1.45 bits per heavy atom. The molecule has 0 radical (unpaired) electrons. The lowest BCUT2D eigenvalue weighted by molar-refractivity contribution is -0.136. The Morgan fingerprint density at radius 1 is 0.879 bits per heavy atom. The van der Waals surface area contributed by atoms with E-state index in [1.807, 2.05) is 61.5 Å². The van der Waals surface area contributed by atoms with Gasteiger partial charge in [-0.05, 0) is 66.5 Å². The van der Waals surface area contributed by atoms with Crippen LogP contribution in [0.2, 0.25) is 0 Å². The van der Waals surface area contributed by atoms with E-state index in [0.29, 0.717) is 17.9 Å². The van der Waals surface area contributed by atoms with Gasteiger partial charge in [0.2, 0.25) is 0 Å². The van der Waals surface area contributed by atoms with E-state index < -0.39 is 12.1 Å². The molecule has 3 aromatic rings. The first-order valence-electron chi connectivity index (χ1n) is 11.2. The van der Waals surface area contributed by atoms with E-state index in [1.165, 1.54) is 5.56 Å². The molecule has 0 heterocycles. The van der Waals surface area contributed by atoms with Gasteiger partial charge >= 0.3 is 5.97 Å². The molecule has 33 heavy (non-hydrogen) atoms. The van der Waals surface area contributed by atoms with Gasteiger partial charge in [0.05, 0.1) is 26.7 Å². The van der Waals surface area contributed by atoms with Crippen LogP contribution in [-0.4, -0.2) is 30.4 Å². The summed E-state index contributed by atoms with van der Waals surface area (Å²) in [7, 11) is 3.23. The lowest BCUT2D eigenvalue weighted by atomic mass is 9.85. The number of aliphatic hydroxyl groups excluding tert-OH is 1. The van der Waals surface area contributed by atoms with Crippen molar-refractivity contribution in [2.24, 2.45) is 5.92 Å². The van der Waals surface area contributed by atoms with Crippen LogP contribution in [0.25, 0.3) is 0 Å². The summed E-state index contributed by atoms with van der Waals surface area (Å²) < 4.78 is 11.0. The zero-order chi connectivity index (χ0) is 23.8. The summed E-state index contributed by atoms with van der Waals surface area (Å²) in [5, 5.41) is 20.4. The van der Waals surface area contributed by atoms with E-state index in [9.17, 15) is 9.90 Å². The second kappa shape index (κ2) is 11.5. The van der Waals surface area contributed by atoms with Gasteiger partial charge in [-0.15, -0.1) is 0 Å². The highest BCUT2D eigenvalue weighted by molar-refractivity contribution is 5.70. The van der Waals surface area contributed by atoms with Gasteiger partial charge in [-0.25, -0.2) is 0 Å². The van der Waals surface area contributed by atoms with Crippen molar-refractivity contribution in [3.8, 4) is 11.5 Å². The molecule has 0 saturated carbocycles. The van der Waals surface area contributed by atoms with Crippen LogP contribution < -0.4 is 9.47 Å². The Hall–Kier alpha value is -3.31. The average molecular weight is 449 g/mol. The molecule has 5 nitrogen and oxygen atoms in total. The third-order valence-electron chi connectivity index (χ3n) is 6.09. The number of aliphatic hydroxyl groups is 1. The Balaban J connectivity index is 1.86. The topological polar surface area (TPSA) is 76.0 Å². The zero-order valence-electron chi connectivity index (χ0n) is 19.5. The molecule has 0 aliphatic rings. The Bertz CT molecular complexity index is 1020. The van der Waals surface area contributed by atoms with Crippen molar-refractivity contribution >= 4 is 5.97 Å². The first-order chi connectivity index (χ1) is 15.9. The monoisotopic (exact) mass is 448 g/mol. The first kappa shape index (κ1) is 24.3. The van der Waals surface area contributed by atoms with Crippen LogP contribution >= 0.6 is 0 Å². The van der Waals surface area contributed by atoms with Crippen LogP contribution in [-0.2, 0) is 24.1 Å². The SMILES string of the molecule is COc1cc(C(O)C(CCc2ccccc2)Cc2ccc(CC(=O)O)cc2)cc(OC)c1C. The quantitative estimate of drug-likeness (QED) is 0.424. The van der Waals surface area contributed by atoms with Gasteiger partial charge in [-0.1, -0.05) is 54.6 Å². The van der Waals surface area contributed by atoms with E-state index in [2.05, 4.69) is 12.1 Å². The third kappa shape index (κ3) is 6.59. The predicted octanol–water partition coefficient (Wildman–Crippen LogP) is 5.16. The number of hydrogen-bond donors (Lipinski definition) is 2. The number of aliphatic carboxylic acids is 1. The molecule has 0 saturated heterocycles. The fourth-order valence-corrected chi connectivity index (χ4v) is 4.19. The summed E-state index contributed by atoms with van der Waals surface area (Å²) in [5.74, 6) is 0.472. The molecule has 2 atom stereocenters. The number of aryl methyl sites for hydroxylation is 1. The van der Waals surface area contributed by atoms with E-state index in [1.54, 1.807) is 14.2 Å². The number of carboxylic acids is 1. The minimum atomic E-state index is -0.846. The van der Waals surface area contributed by atoms with E-state index in [-0.39, 0.29) is 12.3 Å². The van der Waals surface area contributed by atoms with Crippen molar-refractivity contribution in [1.29, 1.82) is 0 Å². The minimum absolute atomic E-state index is 0.00327. The standard InChI is InChI=1S/C28H32O5/c1-19-25(32-2)17-24(18-26(19)33-3)28(31)23(14-13-20-7-5-4-6-8-20)15-21-9-11-22(12-10-21)16-27(29)30/h4-12,17-18,23,28,31H,13-16H2,1-3H3,(H,29,30). The van der Waals surface area contributed by atoms with Gasteiger partial charge in [0.1, 0.15) is 11.5 Å². The molecule has 0 aromatic heterocycles. The van der Waals surface area contributed by atoms with Gasteiger partial charge < -0.3 is 19.7 Å². The maximum atomic E-state index is 11.4. The van der Waals surface area contributed by atoms with Crippen LogP contribution in [0.5, 0.6) is 11.5 Å². The Kier molecular flexibility index (Phi) is 8.50. The maximum Gasteiger partial charge on any atom is 0.307 e. The highest BCUT2D eigenvalue weighted by atomic mass is 16.5. The molecule has 0 aliphatic heterocycles. The molecule has 0 bridgehead atoms. The number of carboxylic acid groups (broad SMARTS) is 1. The number of benzene rings is 3. The molecule has 2 N–H and O–H groups in total. The molecule has 0 aliphatic carbocycles. The summed E-state index contributed by atoms with van der Waals surface area (Å²) in [6.45, 7) is 1.93. The van der Waals surface area contributed by atoms with E-state index >= 15 is 0 Å². The number of carbonyl (C=O) groups is 1. The molecule has 174 valence electrons. The molecular formula is C28H32O5. The van der Waals surface area contributed by atoms with Crippen molar-refractivity contribution < 1.29 is 24.5 Å². The molecule has 3 rings (SSSR count). The number of hydrogen-bond acceptors (Lipinski definition) is 4. The highest BCUT2D eigenvalue weighted by Gasteiger charge is 2.24. The van der Waals surface area contributed by atoms with Crippen LogP contribution in [0.15, 0.2) is 66.7 Å². The van der Waals surface area contributed by atoms with E-state index in [0.717, 1.165) is 35.1 Å². The van der Waals surface area contributed by atoms with Crippen molar-refractivity contribution in [2.75, 3.05) is 14.2 Å². The number of methoxy groups -OCH3 is 2. The van der Waals surface area contributed by atoms with Gasteiger partial charge in [-0.3, -0.25) is 4.79 Å². The summed E-state index contributed by atoms with van der Waals surface area (Å²) in [6, 6.07) is 21.6. The second-order valence-electron chi connectivity index (χ2n) is 8.37. The highest BCUT2D eigenvalue weighted by Crippen LogP contribution is 2.36. The molecule has 0 spiro atoms. The molecule has 5 heteroatoms. The van der Waals surface area contributed by atoms with Gasteiger partial charge in [0, 0.05) is 5.56 Å². The van der Waals surface area contributed by atoms with Gasteiger partial charge in [-0.2, -0.15) is 0 Å². The maximum absolute atomic E-state index is 11.4. The fourth-order valence-electron chi connectivity index (χ4n) is 4.19. The second-order valence-corrected chi connectivity index (χ2v) is 8.37. The Morgan fingerprint density at radius 3 is 2.00 bits per heavy atom. The van der Waals surface area contributed by atoms with Crippen LogP contribution in [0.1, 0.15) is 40.3 Å². The predicted molar refractivity (Wildman–Crippen MR) is 129 cm³/mol. The third-order valence-corrected chi connectivity index (χ3v) is 6.09. The number of rotatable bonds is 11.